The van der Waals surface area contributed by atoms with Crippen molar-refractivity contribution in [2.45, 2.75) is 44.8 Å². The molecule has 1 aromatic carbocycles. The fourth-order valence-corrected chi connectivity index (χ4v) is 3.60. The van der Waals surface area contributed by atoms with Crippen LogP contribution >= 0.6 is 23.2 Å². The molecule has 1 saturated heterocycles. The molecule has 0 aromatic heterocycles. The standard InChI is InChI=1S/C16H22Cl2N2/c1-11-7-8-19-16(12-5-6-12)10-20(11)9-13-14(17)3-2-4-15(13)18/h2-4,11-12,16,19H,5-10H2,1H3. The summed E-state index contributed by atoms with van der Waals surface area (Å²) in [5.74, 6) is 0.879. The van der Waals surface area contributed by atoms with Crippen LogP contribution in [0.2, 0.25) is 10.0 Å². The maximum Gasteiger partial charge on any atom is 0.0465 e. The highest BCUT2D eigenvalue weighted by molar-refractivity contribution is 6.35. The van der Waals surface area contributed by atoms with Crippen molar-refractivity contribution in [1.82, 2.24) is 10.2 Å². The van der Waals surface area contributed by atoms with E-state index in [1.807, 2.05) is 18.2 Å². The molecule has 1 heterocycles. The van der Waals surface area contributed by atoms with Crippen molar-refractivity contribution in [3.05, 3.63) is 33.8 Å². The first-order chi connectivity index (χ1) is 9.65. The third-order valence-corrected chi connectivity index (χ3v) is 5.35. The lowest BCUT2D eigenvalue weighted by Gasteiger charge is -2.29. The first kappa shape index (κ1) is 14.6. The molecule has 2 unspecified atom stereocenters. The molecule has 110 valence electrons. The van der Waals surface area contributed by atoms with Crippen molar-refractivity contribution in [3.8, 4) is 0 Å². The quantitative estimate of drug-likeness (QED) is 0.909. The summed E-state index contributed by atoms with van der Waals surface area (Å²) in [6.45, 7) is 5.38. The number of nitrogens with zero attached hydrogens (tertiary/aromatic N) is 1. The highest BCUT2D eigenvalue weighted by atomic mass is 35.5. The van der Waals surface area contributed by atoms with E-state index in [2.05, 4.69) is 17.1 Å². The number of nitrogens with one attached hydrogen (secondary N) is 1. The largest absolute Gasteiger partial charge is 0.312 e. The van der Waals surface area contributed by atoms with Crippen LogP contribution in [-0.2, 0) is 6.54 Å². The summed E-state index contributed by atoms with van der Waals surface area (Å²) >= 11 is 12.6. The molecule has 0 radical (unpaired) electrons. The number of hydrogen-bond acceptors (Lipinski definition) is 2. The summed E-state index contributed by atoms with van der Waals surface area (Å²) in [5, 5.41) is 5.28. The van der Waals surface area contributed by atoms with Crippen molar-refractivity contribution in [1.29, 1.82) is 0 Å². The highest BCUT2D eigenvalue weighted by Gasteiger charge is 2.34. The van der Waals surface area contributed by atoms with Gasteiger partial charge in [-0.3, -0.25) is 4.90 Å². The topological polar surface area (TPSA) is 15.3 Å². The van der Waals surface area contributed by atoms with Crippen LogP contribution in [0.4, 0.5) is 0 Å². The Bertz CT molecular complexity index is 453. The molecule has 3 rings (SSSR count). The molecular weight excluding hydrogens is 291 g/mol. The van der Waals surface area contributed by atoms with Crippen LogP contribution < -0.4 is 5.32 Å². The Labute approximate surface area is 131 Å². The normalized spacial score (nSPS) is 28.4. The Morgan fingerprint density at radius 3 is 2.55 bits per heavy atom. The molecule has 2 aliphatic rings. The van der Waals surface area contributed by atoms with Gasteiger partial charge in [0.25, 0.3) is 0 Å². The van der Waals surface area contributed by atoms with Gasteiger partial charge in [-0.2, -0.15) is 0 Å². The monoisotopic (exact) mass is 312 g/mol. The number of hydrogen-bond donors (Lipinski definition) is 1. The summed E-state index contributed by atoms with van der Waals surface area (Å²) in [5.41, 5.74) is 1.07. The minimum Gasteiger partial charge on any atom is -0.312 e. The molecule has 1 aliphatic heterocycles. The molecule has 1 aromatic rings. The van der Waals surface area contributed by atoms with Gasteiger partial charge < -0.3 is 5.32 Å². The van der Waals surface area contributed by atoms with Gasteiger partial charge in [-0.15, -0.1) is 0 Å². The molecule has 0 bridgehead atoms. The average Bonchev–Trinajstić information content (AvgIpc) is 3.23. The van der Waals surface area contributed by atoms with E-state index in [-0.39, 0.29) is 0 Å². The highest BCUT2D eigenvalue weighted by Crippen LogP contribution is 2.35. The van der Waals surface area contributed by atoms with E-state index in [9.17, 15) is 0 Å². The van der Waals surface area contributed by atoms with Gasteiger partial charge in [0.05, 0.1) is 0 Å². The van der Waals surface area contributed by atoms with E-state index in [0.717, 1.165) is 41.2 Å². The predicted molar refractivity (Wildman–Crippen MR) is 85.5 cm³/mol. The van der Waals surface area contributed by atoms with E-state index < -0.39 is 0 Å². The van der Waals surface area contributed by atoms with E-state index >= 15 is 0 Å². The van der Waals surface area contributed by atoms with Crippen molar-refractivity contribution < 1.29 is 0 Å². The zero-order chi connectivity index (χ0) is 14.1. The van der Waals surface area contributed by atoms with Gasteiger partial charge in [0.15, 0.2) is 0 Å². The summed E-state index contributed by atoms with van der Waals surface area (Å²) < 4.78 is 0. The van der Waals surface area contributed by atoms with E-state index in [1.54, 1.807) is 0 Å². The second-order valence-corrected chi connectivity index (χ2v) is 6.98. The van der Waals surface area contributed by atoms with Crippen LogP contribution in [0.15, 0.2) is 18.2 Å². The van der Waals surface area contributed by atoms with Crippen LogP contribution in [0.25, 0.3) is 0 Å². The molecule has 2 fully saturated rings. The molecule has 1 saturated carbocycles. The Balaban J connectivity index is 1.76. The second kappa shape index (κ2) is 6.23. The maximum atomic E-state index is 6.32. The van der Waals surface area contributed by atoms with Crippen molar-refractivity contribution in [2.24, 2.45) is 5.92 Å². The van der Waals surface area contributed by atoms with Crippen LogP contribution in [0.3, 0.4) is 0 Å². The second-order valence-electron chi connectivity index (χ2n) is 6.17. The van der Waals surface area contributed by atoms with E-state index in [0.29, 0.717) is 12.1 Å². The van der Waals surface area contributed by atoms with Crippen LogP contribution in [0, 0.1) is 5.92 Å². The lowest BCUT2D eigenvalue weighted by molar-refractivity contribution is 0.191. The zero-order valence-electron chi connectivity index (χ0n) is 11.9. The first-order valence-electron chi connectivity index (χ1n) is 7.55. The molecule has 2 atom stereocenters. The molecule has 20 heavy (non-hydrogen) atoms. The lowest BCUT2D eigenvalue weighted by Crippen LogP contribution is -2.41. The maximum absolute atomic E-state index is 6.32. The summed E-state index contributed by atoms with van der Waals surface area (Å²) in [7, 11) is 0. The average molecular weight is 313 g/mol. The van der Waals surface area contributed by atoms with E-state index in [1.165, 1.54) is 19.3 Å². The minimum absolute atomic E-state index is 0.568. The molecular formula is C16H22Cl2N2. The van der Waals surface area contributed by atoms with E-state index in [4.69, 9.17) is 23.2 Å². The van der Waals surface area contributed by atoms with Crippen molar-refractivity contribution in [2.75, 3.05) is 13.1 Å². The van der Waals surface area contributed by atoms with Crippen LogP contribution in [-0.4, -0.2) is 30.1 Å². The Hall–Kier alpha value is -0.280. The van der Waals surface area contributed by atoms with Gasteiger partial charge in [0, 0.05) is 40.8 Å². The predicted octanol–water partition coefficient (Wildman–Crippen LogP) is 3.96. The lowest BCUT2D eigenvalue weighted by atomic mass is 10.1. The van der Waals surface area contributed by atoms with Crippen molar-refractivity contribution >= 4 is 23.2 Å². The number of benzene rings is 1. The van der Waals surface area contributed by atoms with Gasteiger partial charge in [-0.1, -0.05) is 29.3 Å². The molecule has 0 spiro atoms. The van der Waals surface area contributed by atoms with Gasteiger partial charge in [-0.25, -0.2) is 0 Å². The summed E-state index contributed by atoms with van der Waals surface area (Å²) in [6, 6.07) is 6.98. The summed E-state index contributed by atoms with van der Waals surface area (Å²) in [6.07, 6.45) is 3.95. The first-order valence-corrected chi connectivity index (χ1v) is 8.31. The van der Waals surface area contributed by atoms with Gasteiger partial charge in [0.2, 0.25) is 0 Å². The van der Waals surface area contributed by atoms with Gasteiger partial charge in [-0.05, 0) is 50.8 Å². The fourth-order valence-electron chi connectivity index (χ4n) is 3.08. The SMILES string of the molecule is CC1CCNC(C2CC2)CN1Cc1c(Cl)cccc1Cl. The van der Waals surface area contributed by atoms with Crippen LogP contribution in [0.1, 0.15) is 31.7 Å². The third kappa shape index (κ3) is 3.30. The smallest absolute Gasteiger partial charge is 0.0465 e. The zero-order valence-corrected chi connectivity index (χ0v) is 13.4. The Kier molecular flexibility index (Phi) is 4.56. The fraction of sp³-hybridized carbons (Fsp3) is 0.625. The van der Waals surface area contributed by atoms with Crippen molar-refractivity contribution in [3.63, 3.8) is 0 Å². The third-order valence-electron chi connectivity index (χ3n) is 4.64. The number of halogens is 2. The van der Waals surface area contributed by atoms with Crippen LogP contribution in [0.5, 0.6) is 0 Å². The van der Waals surface area contributed by atoms with Gasteiger partial charge in [0.1, 0.15) is 0 Å². The molecule has 1 aliphatic carbocycles. The van der Waals surface area contributed by atoms with Gasteiger partial charge >= 0.3 is 0 Å². The summed E-state index contributed by atoms with van der Waals surface area (Å²) in [4.78, 5) is 2.54. The molecule has 0 amide bonds. The minimum atomic E-state index is 0.568. The Morgan fingerprint density at radius 2 is 1.90 bits per heavy atom. The molecule has 2 nitrogen and oxygen atoms in total. The molecule has 1 N–H and O–H groups in total. The molecule has 4 heteroatoms. The number of rotatable bonds is 3. The Morgan fingerprint density at radius 1 is 1.20 bits per heavy atom.